The number of carbonyl (C=O) groups is 3. The SMILES string of the molecule is Cc1cc(C(=O)CN2C(=O)[C@H]3CC=CC[C@@H]3C2=O)c(C)n1-c1cccc(S(=O)(=O)N2CCOCC2)c1. The van der Waals surface area contributed by atoms with Crippen LogP contribution in [-0.2, 0) is 24.3 Å². The molecule has 0 spiro atoms. The van der Waals surface area contributed by atoms with Crippen molar-refractivity contribution in [1.29, 1.82) is 0 Å². The highest BCUT2D eigenvalue weighted by Gasteiger charge is 2.47. The van der Waals surface area contributed by atoms with Gasteiger partial charge in [0.25, 0.3) is 0 Å². The van der Waals surface area contributed by atoms with Gasteiger partial charge in [-0.25, -0.2) is 8.42 Å². The Morgan fingerprint density at radius 1 is 1.00 bits per heavy atom. The number of morpholine rings is 1. The lowest BCUT2D eigenvalue weighted by Gasteiger charge is -2.26. The van der Waals surface area contributed by atoms with Gasteiger partial charge in [-0.3, -0.25) is 19.3 Å². The van der Waals surface area contributed by atoms with Crippen molar-refractivity contribution in [1.82, 2.24) is 13.8 Å². The Bertz CT molecular complexity index is 1340. The average molecular weight is 512 g/mol. The maximum absolute atomic E-state index is 13.3. The minimum atomic E-state index is -3.68. The largest absolute Gasteiger partial charge is 0.379 e. The molecule has 2 aromatic rings. The lowest BCUT2D eigenvalue weighted by Crippen LogP contribution is -2.40. The van der Waals surface area contributed by atoms with Crippen molar-refractivity contribution in [2.45, 2.75) is 31.6 Å². The molecule has 1 aliphatic carbocycles. The molecule has 0 saturated carbocycles. The van der Waals surface area contributed by atoms with Gasteiger partial charge in [0, 0.05) is 35.7 Å². The number of hydrogen-bond acceptors (Lipinski definition) is 6. The molecule has 3 heterocycles. The molecular formula is C26H29N3O6S. The van der Waals surface area contributed by atoms with Gasteiger partial charge in [-0.05, 0) is 51.0 Å². The summed E-state index contributed by atoms with van der Waals surface area (Å²) in [5.74, 6) is -1.63. The topological polar surface area (TPSA) is 106 Å². The molecule has 2 saturated heterocycles. The lowest BCUT2D eigenvalue weighted by molar-refractivity contribution is -0.139. The number of benzene rings is 1. The van der Waals surface area contributed by atoms with Gasteiger partial charge in [0.15, 0.2) is 5.78 Å². The molecule has 1 aromatic heterocycles. The zero-order chi connectivity index (χ0) is 25.6. The fourth-order valence-electron chi connectivity index (χ4n) is 5.42. The maximum Gasteiger partial charge on any atom is 0.243 e. The number of allylic oxidation sites excluding steroid dienone is 2. The molecule has 9 nitrogen and oxygen atoms in total. The quantitative estimate of drug-likeness (QED) is 0.335. The number of nitrogens with zero attached hydrogens (tertiary/aromatic N) is 3. The number of carbonyl (C=O) groups excluding carboxylic acids is 3. The predicted octanol–water partition coefficient (Wildman–Crippen LogP) is 2.25. The molecular weight excluding hydrogens is 482 g/mol. The molecule has 190 valence electrons. The lowest BCUT2D eigenvalue weighted by atomic mass is 9.85. The van der Waals surface area contributed by atoms with Gasteiger partial charge < -0.3 is 9.30 Å². The standard InChI is InChI=1S/C26H29N3O6S/c1-17-14-23(24(30)16-28-25(31)21-8-3-4-9-22(21)26(28)32)18(2)29(17)19-6-5-7-20(15-19)36(33,34)27-10-12-35-13-11-27/h3-7,14-15,21-22H,8-13,16H2,1-2H3/t21-,22-/m0/s1. The highest BCUT2D eigenvalue weighted by molar-refractivity contribution is 7.89. The first-order valence-corrected chi connectivity index (χ1v) is 13.5. The minimum Gasteiger partial charge on any atom is -0.379 e. The predicted molar refractivity (Wildman–Crippen MR) is 131 cm³/mol. The normalized spacial score (nSPS) is 22.8. The first kappa shape index (κ1) is 24.6. The van der Waals surface area contributed by atoms with Crippen molar-refractivity contribution >= 4 is 27.6 Å². The Kier molecular flexibility index (Phi) is 6.44. The van der Waals surface area contributed by atoms with E-state index in [-0.39, 0.29) is 40.9 Å². The summed E-state index contributed by atoms with van der Waals surface area (Å²) >= 11 is 0. The molecule has 5 rings (SSSR count). The van der Waals surface area contributed by atoms with Gasteiger partial charge in [0.1, 0.15) is 0 Å². The molecule has 2 atom stereocenters. The average Bonchev–Trinajstić information content (AvgIpc) is 3.32. The molecule has 0 unspecified atom stereocenters. The van der Waals surface area contributed by atoms with E-state index in [0.717, 1.165) is 10.6 Å². The number of fused-ring (bicyclic) bond motifs is 1. The van der Waals surface area contributed by atoms with Crippen LogP contribution in [0.1, 0.15) is 34.6 Å². The monoisotopic (exact) mass is 511 g/mol. The second-order valence-electron chi connectivity index (χ2n) is 9.48. The van der Waals surface area contributed by atoms with Crippen molar-refractivity contribution in [3.63, 3.8) is 0 Å². The van der Waals surface area contributed by atoms with Crippen molar-refractivity contribution in [2.75, 3.05) is 32.8 Å². The Balaban J connectivity index is 1.41. The van der Waals surface area contributed by atoms with Crippen LogP contribution >= 0.6 is 0 Å². The number of Topliss-reactive ketones (excluding diaryl/α,β-unsaturated/α-hetero) is 1. The van der Waals surface area contributed by atoms with Crippen LogP contribution in [0.3, 0.4) is 0 Å². The summed E-state index contributed by atoms with van der Waals surface area (Å²) in [6.45, 7) is 4.65. The van der Waals surface area contributed by atoms with E-state index in [1.54, 1.807) is 37.3 Å². The second kappa shape index (κ2) is 9.42. The third-order valence-corrected chi connectivity index (χ3v) is 9.21. The highest BCUT2D eigenvalue weighted by atomic mass is 32.2. The molecule has 36 heavy (non-hydrogen) atoms. The van der Waals surface area contributed by atoms with Gasteiger partial charge in [0.2, 0.25) is 21.8 Å². The van der Waals surface area contributed by atoms with Crippen molar-refractivity contribution in [2.24, 2.45) is 11.8 Å². The zero-order valence-corrected chi connectivity index (χ0v) is 21.2. The number of aryl methyl sites for hydroxylation is 1. The molecule has 1 aromatic carbocycles. The third kappa shape index (κ3) is 4.12. The number of rotatable bonds is 6. The van der Waals surface area contributed by atoms with E-state index in [9.17, 15) is 22.8 Å². The Morgan fingerprint density at radius 3 is 2.28 bits per heavy atom. The van der Waals surface area contributed by atoms with Gasteiger partial charge in [-0.1, -0.05) is 18.2 Å². The minimum absolute atomic E-state index is 0.173. The Hall–Kier alpha value is -3.08. The van der Waals surface area contributed by atoms with Crippen molar-refractivity contribution in [3.8, 4) is 5.69 Å². The van der Waals surface area contributed by atoms with Gasteiger partial charge in [-0.2, -0.15) is 4.31 Å². The van der Waals surface area contributed by atoms with Crippen LogP contribution < -0.4 is 0 Å². The molecule has 2 aliphatic heterocycles. The molecule has 10 heteroatoms. The number of ether oxygens (including phenoxy) is 1. The molecule has 0 radical (unpaired) electrons. The summed E-state index contributed by atoms with van der Waals surface area (Å²) in [6.07, 6.45) is 4.88. The van der Waals surface area contributed by atoms with E-state index >= 15 is 0 Å². The van der Waals surface area contributed by atoms with Crippen LogP contribution in [0.2, 0.25) is 0 Å². The van der Waals surface area contributed by atoms with E-state index < -0.39 is 10.0 Å². The number of hydrogen-bond donors (Lipinski definition) is 0. The Morgan fingerprint density at radius 2 is 1.64 bits per heavy atom. The molecule has 0 bridgehead atoms. The number of imide groups is 1. The number of sulfonamides is 1. The molecule has 2 amide bonds. The van der Waals surface area contributed by atoms with Crippen LogP contribution in [0.5, 0.6) is 0 Å². The number of ketones is 1. The first-order chi connectivity index (χ1) is 17.2. The third-order valence-electron chi connectivity index (χ3n) is 7.32. The van der Waals surface area contributed by atoms with E-state index in [4.69, 9.17) is 4.74 Å². The second-order valence-corrected chi connectivity index (χ2v) is 11.4. The summed E-state index contributed by atoms with van der Waals surface area (Å²) in [7, 11) is -3.68. The van der Waals surface area contributed by atoms with E-state index in [0.29, 0.717) is 56.1 Å². The summed E-state index contributed by atoms with van der Waals surface area (Å²) in [4.78, 5) is 40.1. The fourth-order valence-corrected chi connectivity index (χ4v) is 6.86. The molecule has 3 aliphatic rings. The van der Waals surface area contributed by atoms with Crippen LogP contribution in [-0.4, -0.2) is 72.6 Å². The summed E-state index contributed by atoms with van der Waals surface area (Å²) in [5, 5.41) is 0. The van der Waals surface area contributed by atoms with E-state index in [1.165, 1.54) is 4.31 Å². The number of amides is 2. The number of likely N-dealkylation sites (tertiary alicyclic amines) is 1. The highest BCUT2D eigenvalue weighted by Crippen LogP contribution is 2.35. The van der Waals surface area contributed by atoms with Crippen LogP contribution in [0, 0.1) is 25.7 Å². The van der Waals surface area contributed by atoms with Crippen LogP contribution in [0.25, 0.3) is 5.69 Å². The summed E-state index contributed by atoms with van der Waals surface area (Å²) in [5.41, 5.74) is 2.39. The maximum atomic E-state index is 13.3. The Labute approximate surface area is 210 Å². The van der Waals surface area contributed by atoms with Gasteiger partial charge >= 0.3 is 0 Å². The van der Waals surface area contributed by atoms with E-state index in [2.05, 4.69) is 0 Å². The van der Waals surface area contributed by atoms with Gasteiger partial charge in [0.05, 0.1) is 36.5 Å². The van der Waals surface area contributed by atoms with E-state index in [1.807, 2.05) is 23.6 Å². The smallest absolute Gasteiger partial charge is 0.243 e. The molecule has 0 N–H and O–H groups in total. The first-order valence-electron chi connectivity index (χ1n) is 12.1. The van der Waals surface area contributed by atoms with Gasteiger partial charge in [-0.15, -0.1) is 0 Å². The van der Waals surface area contributed by atoms with Crippen LogP contribution in [0.4, 0.5) is 0 Å². The summed E-state index contributed by atoms with van der Waals surface area (Å²) in [6, 6.07) is 8.36. The van der Waals surface area contributed by atoms with Crippen molar-refractivity contribution < 1.29 is 27.5 Å². The zero-order valence-electron chi connectivity index (χ0n) is 20.3. The number of aromatic nitrogens is 1. The molecule has 2 fully saturated rings. The van der Waals surface area contributed by atoms with Crippen molar-refractivity contribution in [3.05, 3.63) is 59.4 Å². The summed E-state index contributed by atoms with van der Waals surface area (Å²) < 4.78 is 34.8. The fraction of sp³-hybridized carbons (Fsp3) is 0.423. The van der Waals surface area contributed by atoms with Crippen LogP contribution in [0.15, 0.2) is 47.4 Å².